The van der Waals surface area contributed by atoms with Gasteiger partial charge in [0.15, 0.2) is 0 Å². The zero-order valence-corrected chi connectivity index (χ0v) is 16.4. The van der Waals surface area contributed by atoms with Crippen molar-refractivity contribution in [1.29, 1.82) is 0 Å². The first-order chi connectivity index (χ1) is 13.2. The van der Waals surface area contributed by atoms with E-state index in [1.54, 1.807) is 0 Å². The first-order valence-corrected chi connectivity index (χ1v) is 10.00. The summed E-state index contributed by atoms with van der Waals surface area (Å²) in [5.41, 5.74) is 2.23. The predicted octanol–water partition coefficient (Wildman–Crippen LogP) is 5.28. The lowest BCUT2D eigenvalue weighted by atomic mass is 10.1. The second-order valence-electron chi connectivity index (χ2n) is 7.46. The van der Waals surface area contributed by atoms with Gasteiger partial charge in [-0.1, -0.05) is 32.0 Å². The average Bonchev–Trinajstić information content (AvgIpc) is 3.20. The highest BCUT2D eigenvalue weighted by molar-refractivity contribution is 5.48. The average molecular weight is 370 g/mol. The van der Waals surface area contributed by atoms with E-state index in [-0.39, 0.29) is 6.10 Å². The van der Waals surface area contributed by atoms with E-state index < -0.39 is 0 Å². The molecule has 0 aliphatic carbocycles. The van der Waals surface area contributed by atoms with E-state index in [0.717, 1.165) is 56.2 Å². The highest BCUT2D eigenvalue weighted by Gasteiger charge is 2.15. The largest absolute Gasteiger partial charge is 0.493 e. The Balaban J connectivity index is 1.48. The number of para-hydroxylation sites is 1. The lowest BCUT2D eigenvalue weighted by molar-refractivity contribution is 0.0679. The highest BCUT2D eigenvalue weighted by atomic mass is 16.5. The van der Waals surface area contributed by atoms with Gasteiger partial charge < -0.3 is 19.5 Å². The van der Waals surface area contributed by atoms with E-state index in [0.29, 0.717) is 12.5 Å². The van der Waals surface area contributed by atoms with Crippen molar-refractivity contribution >= 4 is 5.69 Å². The minimum atomic E-state index is 0.245. The molecule has 1 saturated heterocycles. The molecule has 1 atom stereocenters. The van der Waals surface area contributed by atoms with Crippen LogP contribution in [0.2, 0.25) is 0 Å². The number of benzene rings is 2. The molecule has 0 spiro atoms. The van der Waals surface area contributed by atoms with Crippen LogP contribution in [0.5, 0.6) is 11.5 Å². The first kappa shape index (κ1) is 19.6. The summed E-state index contributed by atoms with van der Waals surface area (Å²) in [5.74, 6) is 2.49. The van der Waals surface area contributed by atoms with Crippen molar-refractivity contribution in [3.05, 3.63) is 54.1 Å². The molecule has 1 fully saturated rings. The van der Waals surface area contributed by atoms with Gasteiger partial charge in [-0.2, -0.15) is 0 Å². The Hall–Kier alpha value is -2.20. The molecule has 0 radical (unpaired) electrons. The highest BCUT2D eigenvalue weighted by Crippen LogP contribution is 2.22. The van der Waals surface area contributed by atoms with Gasteiger partial charge in [0.1, 0.15) is 18.1 Å². The van der Waals surface area contributed by atoms with Crippen LogP contribution >= 0.6 is 0 Å². The van der Waals surface area contributed by atoms with Gasteiger partial charge in [-0.25, -0.2) is 0 Å². The third-order valence-corrected chi connectivity index (χ3v) is 4.72. The molecule has 1 heterocycles. The summed E-state index contributed by atoms with van der Waals surface area (Å²) in [5, 5.41) is 3.46. The van der Waals surface area contributed by atoms with Crippen LogP contribution in [0.3, 0.4) is 0 Å². The van der Waals surface area contributed by atoms with Crippen molar-refractivity contribution in [3.63, 3.8) is 0 Å². The fraction of sp³-hybridized carbons (Fsp3) is 0.478. The molecule has 1 aliphatic heterocycles. The normalized spacial score (nSPS) is 16.5. The van der Waals surface area contributed by atoms with Crippen molar-refractivity contribution in [1.82, 2.24) is 0 Å². The summed E-state index contributed by atoms with van der Waals surface area (Å²) < 4.78 is 17.4. The smallest absolute Gasteiger partial charge is 0.124 e. The number of hydrogen-bond acceptors (Lipinski definition) is 4. The second-order valence-corrected chi connectivity index (χ2v) is 7.46. The first-order valence-electron chi connectivity index (χ1n) is 10.00. The van der Waals surface area contributed by atoms with Crippen LogP contribution in [0, 0.1) is 5.92 Å². The number of rotatable bonds is 10. The monoisotopic (exact) mass is 369 g/mol. The van der Waals surface area contributed by atoms with Gasteiger partial charge in [-0.15, -0.1) is 0 Å². The van der Waals surface area contributed by atoms with E-state index in [9.17, 15) is 0 Å². The van der Waals surface area contributed by atoms with E-state index in [1.165, 1.54) is 5.56 Å². The maximum atomic E-state index is 5.96. The molecule has 1 unspecified atom stereocenters. The summed E-state index contributed by atoms with van der Waals surface area (Å²) in [4.78, 5) is 0. The second kappa shape index (κ2) is 10.2. The van der Waals surface area contributed by atoms with Crippen molar-refractivity contribution in [2.75, 3.05) is 25.1 Å². The Kier molecular flexibility index (Phi) is 7.40. The van der Waals surface area contributed by atoms with Gasteiger partial charge in [0.2, 0.25) is 0 Å². The Labute approximate surface area is 162 Å². The molecule has 146 valence electrons. The molecule has 0 amide bonds. The fourth-order valence-electron chi connectivity index (χ4n) is 3.03. The van der Waals surface area contributed by atoms with Crippen molar-refractivity contribution < 1.29 is 14.2 Å². The molecular formula is C23H31NO3. The number of ether oxygens (including phenoxy) is 3. The summed E-state index contributed by atoms with van der Waals surface area (Å²) in [6, 6.07) is 16.3. The molecule has 1 N–H and O–H groups in total. The third kappa shape index (κ3) is 6.47. The minimum Gasteiger partial charge on any atom is -0.493 e. The fourth-order valence-corrected chi connectivity index (χ4v) is 3.03. The van der Waals surface area contributed by atoms with Gasteiger partial charge in [-0.05, 0) is 55.5 Å². The lowest BCUT2D eigenvalue weighted by Crippen LogP contribution is -2.16. The molecule has 3 rings (SSSR count). The van der Waals surface area contributed by atoms with Crippen LogP contribution in [0.15, 0.2) is 48.5 Å². The van der Waals surface area contributed by atoms with Crippen molar-refractivity contribution in [2.45, 2.75) is 45.8 Å². The Morgan fingerprint density at radius 2 is 1.89 bits per heavy atom. The number of nitrogens with one attached hydrogen (secondary N) is 1. The molecule has 4 nitrogen and oxygen atoms in total. The van der Waals surface area contributed by atoms with Crippen LogP contribution in [0.25, 0.3) is 0 Å². The topological polar surface area (TPSA) is 39.7 Å². The van der Waals surface area contributed by atoms with Gasteiger partial charge in [0.25, 0.3) is 0 Å². The quantitative estimate of drug-likeness (QED) is 0.618. The van der Waals surface area contributed by atoms with E-state index >= 15 is 0 Å². The molecule has 0 bridgehead atoms. The minimum absolute atomic E-state index is 0.245. The summed E-state index contributed by atoms with van der Waals surface area (Å²) in [7, 11) is 0. The van der Waals surface area contributed by atoms with Crippen LogP contribution < -0.4 is 14.8 Å². The van der Waals surface area contributed by atoms with Crippen LogP contribution in [0.1, 0.15) is 38.7 Å². The van der Waals surface area contributed by atoms with Crippen LogP contribution in [0.4, 0.5) is 5.69 Å². The maximum absolute atomic E-state index is 5.96. The SMILES string of the molecule is CC(C)CCOc1ccccc1CNc1ccc(OCC2CCCO2)cc1. The van der Waals surface area contributed by atoms with E-state index in [2.05, 4.69) is 25.2 Å². The number of anilines is 1. The Morgan fingerprint density at radius 1 is 1.07 bits per heavy atom. The number of hydrogen-bond donors (Lipinski definition) is 1. The zero-order chi connectivity index (χ0) is 18.9. The standard InChI is InChI=1S/C23H31NO3/c1-18(2)13-15-26-23-8-4-3-6-19(23)16-24-20-9-11-21(12-10-20)27-17-22-7-5-14-25-22/h3-4,6,8-12,18,22,24H,5,7,13-17H2,1-2H3. The molecule has 2 aromatic rings. The summed E-state index contributed by atoms with van der Waals surface area (Å²) in [6.45, 7) is 7.41. The molecule has 27 heavy (non-hydrogen) atoms. The van der Waals surface area contributed by atoms with Gasteiger partial charge in [-0.3, -0.25) is 0 Å². The van der Waals surface area contributed by atoms with Crippen LogP contribution in [-0.4, -0.2) is 25.9 Å². The Morgan fingerprint density at radius 3 is 2.63 bits per heavy atom. The van der Waals surface area contributed by atoms with Gasteiger partial charge >= 0.3 is 0 Å². The molecule has 0 saturated carbocycles. The van der Waals surface area contributed by atoms with E-state index in [4.69, 9.17) is 14.2 Å². The summed E-state index contributed by atoms with van der Waals surface area (Å²) in [6.07, 6.45) is 3.54. The third-order valence-electron chi connectivity index (χ3n) is 4.72. The maximum Gasteiger partial charge on any atom is 0.124 e. The zero-order valence-electron chi connectivity index (χ0n) is 16.4. The lowest BCUT2D eigenvalue weighted by Gasteiger charge is -2.14. The molecule has 1 aliphatic rings. The van der Waals surface area contributed by atoms with Crippen molar-refractivity contribution in [3.8, 4) is 11.5 Å². The predicted molar refractivity (Wildman–Crippen MR) is 110 cm³/mol. The molecule has 2 aromatic carbocycles. The molecule has 0 aromatic heterocycles. The van der Waals surface area contributed by atoms with E-state index in [1.807, 2.05) is 42.5 Å². The molecule has 4 heteroatoms. The van der Waals surface area contributed by atoms with Gasteiger partial charge in [0, 0.05) is 24.4 Å². The summed E-state index contributed by atoms with van der Waals surface area (Å²) >= 11 is 0. The van der Waals surface area contributed by atoms with Gasteiger partial charge in [0.05, 0.1) is 12.7 Å². The van der Waals surface area contributed by atoms with Crippen LogP contribution in [-0.2, 0) is 11.3 Å². The molecular weight excluding hydrogens is 338 g/mol. The van der Waals surface area contributed by atoms with Crippen molar-refractivity contribution in [2.24, 2.45) is 5.92 Å². The Bertz CT molecular complexity index is 678.